The first-order valence-corrected chi connectivity index (χ1v) is 11.0. The maximum Gasteiger partial charge on any atom is 0.359 e. The number of hydrazine groups is 2. The van der Waals surface area contributed by atoms with Crippen molar-refractivity contribution in [2.75, 3.05) is 5.75 Å². The number of carbonyl (C=O) groups excluding carboxylic acids is 5. The summed E-state index contributed by atoms with van der Waals surface area (Å²) >= 11 is 1.54. The second-order valence-electron chi connectivity index (χ2n) is 7.74. The predicted molar refractivity (Wildman–Crippen MR) is 101 cm³/mol. The van der Waals surface area contributed by atoms with Crippen molar-refractivity contribution in [3.05, 3.63) is 0 Å². The van der Waals surface area contributed by atoms with Crippen LogP contribution in [0.25, 0.3) is 0 Å². The van der Waals surface area contributed by atoms with Gasteiger partial charge in [0, 0.05) is 43.1 Å². The number of urea groups is 1. The number of rotatable bonds is 7. The predicted octanol–water partition coefficient (Wildman–Crippen LogP) is 0.350. The van der Waals surface area contributed by atoms with Crippen LogP contribution in [0.5, 0.6) is 0 Å². The fourth-order valence-electron chi connectivity index (χ4n) is 4.52. The van der Waals surface area contributed by atoms with Crippen molar-refractivity contribution in [1.82, 2.24) is 20.0 Å². The summed E-state index contributed by atoms with van der Waals surface area (Å²) in [5, 5.41) is 12.7. The molecule has 162 valence electrons. The molecule has 4 fully saturated rings. The number of nitrogens with zero attached hydrogens (tertiary/aromatic N) is 4. The van der Waals surface area contributed by atoms with Crippen LogP contribution < -0.4 is 0 Å². The average molecular weight is 438 g/mol. The van der Waals surface area contributed by atoms with Crippen LogP contribution in [0.4, 0.5) is 4.79 Å². The molecule has 0 aromatic heterocycles. The highest BCUT2D eigenvalue weighted by Gasteiger charge is 2.61. The van der Waals surface area contributed by atoms with Gasteiger partial charge in [0.15, 0.2) is 0 Å². The lowest BCUT2D eigenvalue weighted by Gasteiger charge is -2.32. The molecule has 0 unspecified atom stereocenters. The summed E-state index contributed by atoms with van der Waals surface area (Å²) in [6.07, 6.45) is 1.79. The molecule has 0 saturated carbocycles. The van der Waals surface area contributed by atoms with Crippen LogP contribution in [0.1, 0.15) is 51.4 Å². The first kappa shape index (κ1) is 20.6. The van der Waals surface area contributed by atoms with Crippen molar-refractivity contribution >= 4 is 47.4 Å². The van der Waals surface area contributed by atoms with E-state index in [1.54, 1.807) is 11.8 Å². The van der Waals surface area contributed by atoms with E-state index in [0.717, 1.165) is 20.0 Å². The van der Waals surface area contributed by atoms with Gasteiger partial charge in [-0.15, -0.1) is 0 Å². The number of hydrogen-bond donors (Lipinski definition) is 1. The number of fused-ring (bicyclic) bond motifs is 1. The molecule has 4 aliphatic rings. The molecule has 0 spiro atoms. The van der Waals surface area contributed by atoms with Gasteiger partial charge in [-0.3, -0.25) is 24.0 Å². The molecule has 11 nitrogen and oxygen atoms in total. The maximum atomic E-state index is 13.3. The van der Waals surface area contributed by atoms with Crippen LogP contribution >= 0.6 is 11.8 Å². The minimum absolute atomic E-state index is 0.0119. The Morgan fingerprint density at radius 2 is 1.40 bits per heavy atom. The van der Waals surface area contributed by atoms with Gasteiger partial charge in [-0.2, -0.15) is 21.8 Å². The molecule has 0 bridgehead atoms. The zero-order valence-corrected chi connectivity index (χ0v) is 17.0. The Morgan fingerprint density at radius 1 is 0.867 bits per heavy atom. The largest absolute Gasteiger partial charge is 0.481 e. The maximum absolute atomic E-state index is 13.3. The molecular formula is C18H22N4O7S. The zero-order chi connectivity index (χ0) is 21.6. The monoisotopic (exact) mass is 438 g/mol. The van der Waals surface area contributed by atoms with E-state index in [1.807, 2.05) is 0 Å². The van der Waals surface area contributed by atoms with Gasteiger partial charge in [-0.25, -0.2) is 14.8 Å². The van der Waals surface area contributed by atoms with Gasteiger partial charge in [-0.1, -0.05) is 6.42 Å². The standard InChI is InChI=1S/C18H22N4O7S/c23-12-5-6-13(24)20(12)19-10-9-30-11(3-1-2-4-16(27)28)17(10)22(18(19)29)21-14(25)7-8-15(21)26/h10-11,17H,1-9H2,(H,27,28)/t10-,11-,17-/m0/s1. The molecule has 0 aliphatic carbocycles. The van der Waals surface area contributed by atoms with E-state index in [-0.39, 0.29) is 37.4 Å². The summed E-state index contributed by atoms with van der Waals surface area (Å²) < 4.78 is 0. The highest BCUT2D eigenvalue weighted by atomic mass is 32.2. The van der Waals surface area contributed by atoms with Crippen LogP contribution in [-0.2, 0) is 24.0 Å². The Hall–Kier alpha value is -2.63. The lowest BCUT2D eigenvalue weighted by Crippen LogP contribution is -2.55. The molecule has 0 aromatic rings. The van der Waals surface area contributed by atoms with Crippen molar-refractivity contribution in [3.63, 3.8) is 0 Å². The number of imide groups is 2. The van der Waals surface area contributed by atoms with Crippen molar-refractivity contribution in [1.29, 1.82) is 0 Å². The molecule has 0 aromatic carbocycles. The normalized spacial score (nSPS) is 29.1. The minimum atomic E-state index is -0.880. The quantitative estimate of drug-likeness (QED) is 0.342. The van der Waals surface area contributed by atoms with Crippen LogP contribution in [0.2, 0.25) is 0 Å². The number of carboxylic acid groups (broad SMARTS) is 1. The SMILES string of the molecule is O=C(O)CCCC[C@@H]1SC[C@H]2[C@@H]1N(N1C(=O)CCC1=O)C(=O)N2N1C(=O)CCC1=O. The van der Waals surface area contributed by atoms with E-state index < -0.39 is 47.7 Å². The molecule has 4 rings (SSSR count). The van der Waals surface area contributed by atoms with E-state index in [1.165, 1.54) is 0 Å². The van der Waals surface area contributed by atoms with Gasteiger partial charge in [0.25, 0.3) is 0 Å². The van der Waals surface area contributed by atoms with Crippen LogP contribution in [-0.4, -0.2) is 83.9 Å². The number of unbranched alkanes of at least 4 members (excludes halogenated alkanes) is 1. The summed E-state index contributed by atoms with van der Waals surface area (Å²) in [5.41, 5.74) is 0. The van der Waals surface area contributed by atoms with Crippen LogP contribution in [0.3, 0.4) is 0 Å². The van der Waals surface area contributed by atoms with Gasteiger partial charge in [0.1, 0.15) is 0 Å². The lowest BCUT2D eigenvalue weighted by atomic mass is 10.0. The highest BCUT2D eigenvalue weighted by molar-refractivity contribution is 8.00. The summed E-state index contributed by atoms with van der Waals surface area (Å²) in [6.45, 7) is 0. The van der Waals surface area contributed by atoms with E-state index in [0.29, 0.717) is 25.0 Å². The lowest BCUT2D eigenvalue weighted by molar-refractivity contribution is -0.154. The number of carboxylic acids is 1. The summed E-state index contributed by atoms with van der Waals surface area (Å²) in [5.74, 6) is -2.32. The third kappa shape index (κ3) is 3.32. The fraction of sp³-hybridized carbons (Fsp3) is 0.667. The number of amides is 6. The molecule has 4 saturated heterocycles. The molecule has 1 N–H and O–H groups in total. The van der Waals surface area contributed by atoms with Crippen molar-refractivity contribution in [2.45, 2.75) is 68.7 Å². The molecule has 30 heavy (non-hydrogen) atoms. The molecular weight excluding hydrogens is 416 g/mol. The minimum Gasteiger partial charge on any atom is -0.481 e. The summed E-state index contributed by atoms with van der Waals surface area (Å²) in [4.78, 5) is 73.4. The summed E-state index contributed by atoms with van der Waals surface area (Å²) in [7, 11) is 0. The van der Waals surface area contributed by atoms with Crippen molar-refractivity contribution < 1.29 is 33.9 Å². The second kappa shape index (κ2) is 7.89. The van der Waals surface area contributed by atoms with Gasteiger partial charge < -0.3 is 5.11 Å². The van der Waals surface area contributed by atoms with E-state index >= 15 is 0 Å². The average Bonchev–Trinajstić information content (AvgIpc) is 3.40. The van der Waals surface area contributed by atoms with Crippen LogP contribution in [0, 0.1) is 0 Å². The molecule has 6 amide bonds. The third-order valence-electron chi connectivity index (χ3n) is 5.86. The van der Waals surface area contributed by atoms with Gasteiger partial charge in [0.2, 0.25) is 23.6 Å². The van der Waals surface area contributed by atoms with Gasteiger partial charge in [0.05, 0.1) is 12.1 Å². The number of hydrogen-bond acceptors (Lipinski definition) is 7. The highest BCUT2D eigenvalue weighted by Crippen LogP contribution is 2.44. The van der Waals surface area contributed by atoms with E-state index in [9.17, 15) is 28.8 Å². The fourth-order valence-corrected chi connectivity index (χ4v) is 6.13. The molecule has 12 heteroatoms. The smallest absolute Gasteiger partial charge is 0.359 e. The Labute approximate surface area is 176 Å². The second-order valence-corrected chi connectivity index (χ2v) is 9.01. The summed E-state index contributed by atoms with van der Waals surface area (Å²) in [6, 6.07) is -1.80. The Bertz CT molecular complexity index is 801. The third-order valence-corrected chi connectivity index (χ3v) is 7.33. The first-order chi connectivity index (χ1) is 14.3. The van der Waals surface area contributed by atoms with Crippen molar-refractivity contribution in [3.8, 4) is 0 Å². The molecule has 0 radical (unpaired) electrons. The van der Waals surface area contributed by atoms with Gasteiger partial charge >= 0.3 is 12.0 Å². The number of thioether (sulfide) groups is 1. The zero-order valence-electron chi connectivity index (χ0n) is 16.2. The molecule has 3 atom stereocenters. The van der Waals surface area contributed by atoms with Crippen LogP contribution in [0.15, 0.2) is 0 Å². The Balaban J connectivity index is 1.61. The number of aliphatic carboxylic acids is 1. The van der Waals surface area contributed by atoms with E-state index in [4.69, 9.17) is 5.11 Å². The topological polar surface area (TPSA) is 136 Å². The number of carbonyl (C=O) groups is 6. The Morgan fingerprint density at radius 3 is 1.93 bits per heavy atom. The van der Waals surface area contributed by atoms with E-state index in [2.05, 4.69) is 0 Å². The van der Waals surface area contributed by atoms with Gasteiger partial charge in [-0.05, 0) is 12.8 Å². The molecule has 4 aliphatic heterocycles. The first-order valence-electron chi connectivity index (χ1n) is 9.98. The molecule has 4 heterocycles. The Kier molecular flexibility index (Phi) is 5.43. The van der Waals surface area contributed by atoms with Crippen molar-refractivity contribution in [2.24, 2.45) is 0 Å².